The molecule has 4 aromatic rings. The van der Waals surface area contributed by atoms with Crippen molar-refractivity contribution in [3.63, 3.8) is 0 Å². The Morgan fingerprint density at radius 1 is 0.615 bits per heavy atom. The second-order valence-corrected chi connectivity index (χ2v) is 9.55. The summed E-state index contributed by atoms with van der Waals surface area (Å²) < 4.78 is 5.95. The largest absolute Gasteiger partial charge is 0.492 e. The number of nitrogens with zero attached hydrogens (tertiary/aromatic N) is 1. The zero-order valence-electron chi connectivity index (χ0n) is 24.2. The fraction of sp³-hybridized carbons (Fsp3) is 0.278. The Morgan fingerprint density at radius 2 is 1.03 bits per heavy atom. The molecule has 3 heteroatoms. The van der Waals surface area contributed by atoms with E-state index in [1.165, 1.54) is 46.2 Å². The Kier molecular flexibility index (Phi) is 15.4. The summed E-state index contributed by atoms with van der Waals surface area (Å²) in [6.07, 6.45) is 4.53. The van der Waals surface area contributed by atoms with Crippen molar-refractivity contribution in [1.29, 1.82) is 0 Å². The van der Waals surface area contributed by atoms with Crippen LogP contribution in [0.1, 0.15) is 42.5 Å². The van der Waals surface area contributed by atoms with E-state index >= 15 is 0 Å². The molecule has 0 spiro atoms. The summed E-state index contributed by atoms with van der Waals surface area (Å²) in [7, 11) is 4.12. The summed E-state index contributed by atoms with van der Waals surface area (Å²) in [5.74, 6) is 0.908. The van der Waals surface area contributed by atoms with Crippen LogP contribution >= 0.6 is 11.6 Å². The molecule has 0 aliphatic rings. The van der Waals surface area contributed by atoms with E-state index < -0.39 is 0 Å². The topological polar surface area (TPSA) is 12.5 Å². The Hall–Kier alpha value is -3.33. The number of benzene rings is 4. The molecule has 4 rings (SSSR count). The molecule has 0 aromatic heterocycles. The van der Waals surface area contributed by atoms with Gasteiger partial charge in [0.15, 0.2) is 0 Å². The molecule has 4 aromatic carbocycles. The van der Waals surface area contributed by atoms with E-state index in [0.29, 0.717) is 6.61 Å². The van der Waals surface area contributed by atoms with E-state index in [9.17, 15) is 0 Å². The van der Waals surface area contributed by atoms with Crippen molar-refractivity contribution in [2.45, 2.75) is 33.1 Å². The van der Waals surface area contributed by atoms with Gasteiger partial charge in [0.2, 0.25) is 0 Å². The lowest BCUT2D eigenvalue weighted by Crippen LogP contribution is -2.19. The lowest BCUT2D eigenvalue weighted by Gasteiger charge is -2.18. The van der Waals surface area contributed by atoms with Crippen molar-refractivity contribution in [1.82, 2.24) is 4.90 Å². The summed E-state index contributed by atoms with van der Waals surface area (Å²) in [5.41, 5.74) is 7.81. The SMILES string of the molecule is CCC.CCl.CN(C)CCOc1ccc(C(=C(Cc2ccccc2)Cc2ccccc2)c2ccccc2)cc1. The van der Waals surface area contributed by atoms with E-state index in [1.54, 1.807) is 0 Å². The quantitative estimate of drug-likeness (QED) is 0.185. The highest BCUT2D eigenvalue weighted by atomic mass is 35.5. The van der Waals surface area contributed by atoms with E-state index in [2.05, 4.69) is 160 Å². The van der Waals surface area contributed by atoms with Gasteiger partial charge in [-0.3, -0.25) is 0 Å². The average molecular weight is 542 g/mol. The molecular formula is C36H44ClNO. The molecule has 0 saturated heterocycles. The maximum Gasteiger partial charge on any atom is 0.119 e. The summed E-state index contributed by atoms with van der Waals surface area (Å²) >= 11 is 4.64. The third-order valence-electron chi connectivity index (χ3n) is 5.89. The molecule has 0 bridgehead atoms. The van der Waals surface area contributed by atoms with Gasteiger partial charge in [-0.25, -0.2) is 0 Å². The first-order chi connectivity index (χ1) is 19.1. The lowest BCUT2D eigenvalue weighted by molar-refractivity contribution is 0.261. The van der Waals surface area contributed by atoms with Crippen LogP contribution in [0.5, 0.6) is 5.75 Å². The van der Waals surface area contributed by atoms with Crippen LogP contribution in [-0.4, -0.2) is 38.5 Å². The van der Waals surface area contributed by atoms with Crippen LogP contribution in [0.25, 0.3) is 5.57 Å². The molecule has 0 atom stereocenters. The van der Waals surface area contributed by atoms with Crippen LogP contribution < -0.4 is 4.74 Å². The highest BCUT2D eigenvalue weighted by Crippen LogP contribution is 2.32. The zero-order chi connectivity index (χ0) is 28.3. The number of alkyl halides is 1. The second kappa shape index (κ2) is 18.8. The maximum absolute atomic E-state index is 5.95. The van der Waals surface area contributed by atoms with Crippen molar-refractivity contribution in [3.05, 3.63) is 143 Å². The first-order valence-corrected chi connectivity index (χ1v) is 14.5. The van der Waals surface area contributed by atoms with Gasteiger partial charge < -0.3 is 9.64 Å². The van der Waals surface area contributed by atoms with Gasteiger partial charge in [-0.05, 0) is 66.9 Å². The Morgan fingerprint density at radius 3 is 1.46 bits per heavy atom. The summed E-state index contributed by atoms with van der Waals surface area (Å²) in [4.78, 5) is 2.13. The number of halogens is 1. The van der Waals surface area contributed by atoms with Crippen molar-refractivity contribution in [2.24, 2.45) is 0 Å². The number of rotatable bonds is 10. The number of hydrogen-bond acceptors (Lipinski definition) is 2. The van der Waals surface area contributed by atoms with Crippen LogP contribution in [0.4, 0.5) is 0 Å². The van der Waals surface area contributed by atoms with E-state index in [0.717, 1.165) is 25.1 Å². The molecular weight excluding hydrogens is 498 g/mol. The zero-order valence-corrected chi connectivity index (χ0v) is 25.0. The standard InChI is InChI=1S/C32H33NO.C3H8.CH3Cl/c1-33(2)22-23-34-31-20-18-29(19-21-31)32(28-16-10-5-11-17-28)30(24-26-12-6-3-7-13-26)25-27-14-8-4-9-15-27;1-3-2;1-2/h3-21H,22-25H2,1-2H3;3H2,1-2H3;1H3. The van der Waals surface area contributed by atoms with Gasteiger partial charge in [0, 0.05) is 12.9 Å². The van der Waals surface area contributed by atoms with E-state index in [-0.39, 0.29) is 0 Å². The van der Waals surface area contributed by atoms with Gasteiger partial charge in [0.1, 0.15) is 12.4 Å². The number of allylic oxidation sites excluding steroid dienone is 1. The first-order valence-electron chi connectivity index (χ1n) is 13.7. The fourth-order valence-electron chi connectivity index (χ4n) is 4.17. The predicted molar refractivity (Wildman–Crippen MR) is 171 cm³/mol. The molecule has 0 aliphatic carbocycles. The van der Waals surface area contributed by atoms with Gasteiger partial charge >= 0.3 is 0 Å². The third-order valence-corrected chi connectivity index (χ3v) is 5.89. The van der Waals surface area contributed by atoms with Gasteiger partial charge in [-0.2, -0.15) is 0 Å². The van der Waals surface area contributed by atoms with Crippen molar-refractivity contribution in [2.75, 3.05) is 33.6 Å². The minimum atomic E-state index is 0.682. The van der Waals surface area contributed by atoms with Crippen LogP contribution in [-0.2, 0) is 12.8 Å². The van der Waals surface area contributed by atoms with Crippen LogP contribution in [0, 0.1) is 0 Å². The molecule has 0 fully saturated rings. The fourth-order valence-corrected chi connectivity index (χ4v) is 4.17. The Bertz CT molecular complexity index is 1140. The molecule has 0 aliphatic heterocycles. The highest BCUT2D eigenvalue weighted by Gasteiger charge is 2.14. The van der Waals surface area contributed by atoms with Crippen LogP contribution in [0.3, 0.4) is 0 Å². The van der Waals surface area contributed by atoms with Gasteiger partial charge in [0.25, 0.3) is 0 Å². The first kappa shape index (κ1) is 31.9. The monoisotopic (exact) mass is 541 g/mol. The Labute approximate surface area is 241 Å². The van der Waals surface area contributed by atoms with Gasteiger partial charge in [-0.15, -0.1) is 11.6 Å². The van der Waals surface area contributed by atoms with Crippen molar-refractivity contribution in [3.8, 4) is 5.75 Å². The normalized spacial score (nSPS) is 10.0. The lowest BCUT2D eigenvalue weighted by atomic mass is 9.87. The minimum Gasteiger partial charge on any atom is -0.492 e. The highest BCUT2D eigenvalue weighted by molar-refractivity contribution is 6.15. The molecule has 0 heterocycles. The molecule has 0 saturated carbocycles. The van der Waals surface area contributed by atoms with E-state index in [4.69, 9.17) is 4.74 Å². The predicted octanol–water partition coefficient (Wildman–Crippen LogP) is 9.19. The molecule has 0 amide bonds. The summed E-state index contributed by atoms with van der Waals surface area (Å²) in [5, 5.41) is 0. The number of hydrogen-bond donors (Lipinski definition) is 0. The molecule has 206 valence electrons. The number of likely N-dealkylation sites (N-methyl/N-ethyl adjacent to an activating group) is 1. The van der Waals surface area contributed by atoms with Crippen LogP contribution in [0.2, 0.25) is 0 Å². The van der Waals surface area contributed by atoms with Crippen LogP contribution in [0.15, 0.2) is 121 Å². The molecule has 0 radical (unpaired) electrons. The molecule has 2 nitrogen and oxygen atoms in total. The maximum atomic E-state index is 5.95. The van der Waals surface area contributed by atoms with Crippen molar-refractivity contribution >= 4 is 17.2 Å². The third kappa shape index (κ3) is 11.5. The Balaban J connectivity index is 0.000000998. The van der Waals surface area contributed by atoms with Gasteiger partial charge in [0.05, 0.1) is 0 Å². The second-order valence-electron chi connectivity index (χ2n) is 9.55. The summed E-state index contributed by atoms with van der Waals surface area (Å²) in [6.45, 7) is 5.83. The van der Waals surface area contributed by atoms with Gasteiger partial charge in [-0.1, -0.05) is 129 Å². The van der Waals surface area contributed by atoms with E-state index in [1.807, 2.05) is 0 Å². The molecule has 0 N–H and O–H groups in total. The smallest absolute Gasteiger partial charge is 0.119 e. The minimum absolute atomic E-state index is 0.682. The summed E-state index contributed by atoms with van der Waals surface area (Å²) in [6, 6.07) is 40.9. The average Bonchev–Trinajstić information content (AvgIpc) is 2.97. The molecule has 39 heavy (non-hydrogen) atoms. The number of ether oxygens (including phenoxy) is 1. The van der Waals surface area contributed by atoms with Crippen molar-refractivity contribution < 1.29 is 4.74 Å². The molecule has 0 unspecified atom stereocenters.